The van der Waals surface area contributed by atoms with Gasteiger partial charge in [-0.1, -0.05) is 18.2 Å². The van der Waals surface area contributed by atoms with Crippen molar-refractivity contribution < 1.29 is 29.3 Å². The minimum absolute atomic E-state index is 0. The van der Waals surface area contributed by atoms with Crippen molar-refractivity contribution in [3.05, 3.63) is 71.2 Å². The van der Waals surface area contributed by atoms with E-state index in [9.17, 15) is 18.3 Å². The molecule has 2 aliphatic rings. The van der Waals surface area contributed by atoms with Crippen molar-refractivity contribution in [2.24, 2.45) is 0 Å². The highest BCUT2D eigenvalue weighted by Crippen LogP contribution is 2.35. The van der Waals surface area contributed by atoms with Crippen LogP contribution in [0.25, 0.3) is 0 Å². The second-order valence-electron chi connectivity index (χ2n) is 5.80. The molecule has 0 unspecified atom stereocenters. The zero-order chi connectivity index (χ0) is 16.9. The zero-order valence-electron chi connectivity index (χ0n) is 13.0. The maximum Gasteiger partial charge on any atom is 0.416 e. The molecule has 2 aromatic carbocycles. The van der Waals surface area contributed by atoms with E-state index < -0.39 is 11.7 Å². The van der Waals surface area contributed by atoms with Gasteiger partial charge in [-0.25, -0.2) is 0 Å². The van der Waals surface area contributed by atoms with Crippen molar-refractivity contribution >= 4 is 11.4 Å². The average molecular weight is 351 g/mol. The Morgan fingerprint density at radius 1 is 0.920 bits per heavy atom. The maximum absolute atomic E-state index is 12.7. The van der Waals surface area contributed by atoms with E-state index in [0.29, 0.717) is 12.1 Å². The van der Waals surface area contributed by atoms with Crippen LogP contribution in [0.4, 0.5) is 24.5 Å². The van der Waals surface area contributed by atoms with Crippen molar-refractivity contribution in [3.8, 4) is 0 Å². The molecule has 2 heterocycles. The third kappa shape index (κ3) is 2.79. The lowest BCUT2D eigenvalue weighted by Crippen LogP contribution is -2.99. The Kier molecular flexibility index (Phi) is 4.09. The summed E-state index contributed by atoms with van der Waals surface area (Å²) >= 11 is 0. The first-order valence-electron chi connectivity index (χ1n) is 7.56. The first kappa shape index (κ1) is 17.1. The number of rotatable bonds is 1. The van der Waals surface area contributed by atoms with E-state index in [2.05, 4.69) is 0 Å². The van der Waals surface area contributed by atoms with Gasteiger partial charge in [0, 0.05) is 6.42 Å². The van der Waals surface area contributed by atoms with E-state index in [1.165, 1.54) is 22.7 Å². The number of hydrogen-bond acceptors (Lipinski definition) is 4. The largest absolute Gasteiger partial charge is 0.870 e. The number of fused-ring (bicyclic) bond motifs is 3. The fourth-order valence-electron chi connectivity index (χ4n) is 3.14. The molecule has 0 saturated heterocycles. The van der Waals surface area contributed by atoms with Gasteiger partial charge in [-0.05, 0) is 42.3 Å². The summed E-state index contributed by atoms with van der Waals surface area (Å²) in [7, 11) is 0. The summed E-state index contributed by atoms with van der Waals surface area (Å²) in [5.74, 6) is 0.0595. The number of halogens is 3. The fraction of sp³-hybridized carbons (Fsp3) is 0.176. The molecule has 0 amide bonds. The Balaban J connectivity index is 0.00000182. The van der Waals surface area contributed by atoms with Crippen LogP contribution < -0.4 is 15.6 Å². The molecule has 0 fully saturated rings. The van der Waals surface area contributed by atoms with Gasteiger partial charge in [-0.15, -0.1) is 10.5 Å². The summed E-state index contributed by atoms with van der Waals surface area (Å²) < 4.78 is 38.1. The van der Waals surface area contributed by atoms with Gasteiger partial charge < -0.3 is 10.6 Å². The smallest absolute Gasteiger partial charge is 0.416 e. The number of allylic oxidation sites excluding steroid dienone is 1. The number of aryl methyl sites for hydroxylation is 1. The number of nitrogens with zero attached hydrogens (tertiary/aromatic N) is 2. The normalized spacial score (nSPS) is 16.4. The van der Waals surface area contributed by atoms with E-state index in [0.717, 1.165) is 29.9 Å². The minimum Gasteiger partial charge on any atom is -0.870 e. The molecular weight excluding hydrogens is 335 g/mol. The number of anilines is 2. The highest BCUT2D eigenvalue weighted by molar-refractivity contribution is 5.62. The number of para-hydroxylation sites is 1. The lowest BCUT2D eigenvalue weighted by atomic mass is 10.0. The van der Waals surface area contributed by atoms with Crippen LogP contribution in [0.2, 0.25) is 0 Å². The van der Waals surface area contributed by atoms with Crippen LogP contribution in [-0.4, -0.2) is 10.6 Å². The zero-order valence-corrected chi connectivity index (χ0v) is 13.0. The first-order chi connectivity index (χ1) is 11.4. The van der Waals surface area contributed by atoms with E-state index >= 15 is 0 Å². The standard InChI is InChI=1S/C17H14F3N3O.H2O/c18-17(19,20)12-6-8-13(9-7-12)22-16(24)15-10-5-11-3-1-2-4-14(11)23(15)21-22;/h1-4,6-9,21,24H,5,10H2;1H2. The Labute approximate surface area is 141 Å². The highest BCUT2D eigenvalue weighted by atomic mass is 19.4. The topological polar surface area (TPSA) is 73.3 Å². The maximum atomic E-state index is 12.7. The Bertz CT molecular complexity index is 819. The number of alkyl halides is 3. The van der Waals surface area contributed by atoms with Crippen LogP contribution in [0.1, 0.15) is 17.5 Å². The van der Waals surface area contributed by atoms with Gasteiger partial charge in [0.25, 0.3) is 5.88 Å². The molecule has 2 aliphatic heterocycles. The highest BCUT2D eigenvalue weighted by Gasteiger charge is 2.39. The van der Waals surface area contributed by atoms with Crippen molar-refractivity contribution in [3.63, 3.8) is 0 Å². The predicted molar refractivity (Wildman–Crippen MR) is 84.7 cm³/mol. The Morgan fingerprint density at radius 3 is 2.28 bits per heavy atom. The molecule has 0 aliphatic carbocycles. The van der Waals surface area contributed by atoms with E-state index in [-0.39, 0.29) is 11.4 Å². The van der Waals surface area contributed by atoms with Gasteiger partial charge in [-0.2, -0.15) is 18.2 Å². The van der Waals surface area contributed by atoms with Gasteiger partial charge in [0.1, 0.15) is 11.4 Å². The molecule has 0 atom stereocenters. The van der Waals surface area contributed by atoms with Crippen LogP contribution in [0.5, 0.6) is 0 Å². The van der Waals surface area contributed by atoms with Crippen LogP contribution in [0.3, 0.4) is 0 Å². The minimum atomic E-state index is -4.37. The number of nitrogens with two attached hydrogens (primary N) is 1. The second kappa shape index (κ2) is 5.98. The van der Waals surface area contributed by atoms with Crippen molar-refractivity contribution in [1.82, 2.24) is 0 Å². The number of aliphatic hydroxyl groups excluding tert-OH is 1. The molecule has 0 bridgehead atoms. The van der Waals surface area contributed by atoms with Crippen LogP contribution >= 0.6 is 0 Å². The summed E-state index contributed by atoms with van der Waals surface area (Å²) in [6, 6.07) is 12.7. The van der Waals surface area contributed by atoms with Crippen LogP contribution in [-0.2, 0) is 12.6 Å². The van der Waals surface area contributed by atoms with Gasteiger partial charge >= 0.3 is 6.18 Å². The first-order valence-corrected chi connectivity index (χ1v) is 7.56. The monoisotopic (exact) mass is 351 g/mol. The molecule has 2 aromatic rings. The molecule has 4 N–H and O–H groups in total. The summed E-state index contributed by atoms with van der Waals surface area (Å²) in [4.78, 5) is 0. The molecule has 132 valence electrons. The molecule has 25 heavy (non-hydrogen) atoms. The molecule has 0 radical (unpaired) electrons. The van der Waals surface area contributed by atoms with Gasteiger partial charge in [0.05, 0.1) is 11.3 Å². The number of hydrogen-bond donors (Lipinski definition) is 2. The van der Waals surface area contributed by atoms with E-state index in [1.807, 2.05) is 29.3 Å². The molecule has 0 aromatic heterocycles. The number of benzene rings is 2. The van der Waals surface area contributed by atoms with Gasteiger partial charge in [0.2, 0.25) is 0 Å². The van der Waals surface area contributed by atoms with Gasteiger partial charge in [-0.3, -0.25) is 0 Å². The summed E-state index contributed by atoms with van der Waals surface area (Å²) in [5.41, 5.74) is 4.42. The summed E-state index contributed by atoms with van der Waals surface area (Å²) in [5, 5.41) is 13.9. The lowest BCUT2D eigenvalue weighted by Gasteiger charge is -2.25. The SMILES string of the molecule is OC1=C2CCc3ccccc3N2[NH2+]N1c1ccc(C(F)(F)F)cc1.[OH-]. The Hall–Kier alpha value is -2.71. The Morgan fingerprint density at radius 2 is 1.60 bits per heavy atom. The van der Waals surface area contributed by atoms with Gasteiger partial charge in [0.15, 0.2) is 0 Å². The van der Waals surface area contributed by atoms with E-state index in [1.54, 1.807) is 5.53 Å². The third-order valence-electron chi connectivity index (χ3n) is 4.36. The van der Waals surface area contributed by atoms with Crippen LogP contribution in [0, 0.1) is 0 Å². The molecule has 0 spiro atoms. The number of aliphatic hydroxyl groups is 1. The van der Waals surface area contributed by atoms with Crippen molar-refractivity contribution in [2.75, 3.05) is 10.0 Å². The van der Waals surface area contributed by atoms with Crippen LogP contribution in [0.15, 0.2) is 60.1 Å². The molecular formula is C17H16F3N3O2. The summed E-state index contributed by atoms with van der Waals surface area (Å²) in [6.07, 6.45) is -2.87. The lowest BCUT2D eigenvalue weighted by molar-refractivity contribution is -0.661. The molecule has 0 saturated carbocycles. The quantitative estimate of drug-likeness (QED) is 0.775. The van der Waals surface area contributed by atoms with Crippen molar-refractivity contribution in [1.29, 1.82) is 0 Å². The third-order valence-corrected chi connectivity index (χ3v) is 4.36. The molecule has 8 heteroatoms. The van der Waals surface area contributed by atoms with E-state index in [4.69, 9.17) is 0 Å². The van der Waals surface area contributed by atoms with Crippen molar-refractivity contribution in [2.45, 2.75) is 19.0 Å². The molecule has 4 rings (SSSR count). The fourth-order valence-corrected chi connectivity index (χ4v) is 3.14. The summed E-state index contributed by atoms with van der Waals surface area (Å²) in [6.45, 7) is 0. The average Bonchev–Trinajstić information content (AvgIpc) is 2.92. The predicted octanol–water partition coefficient (Wildman–Crippen LogP) is 2.92. The second-order valence-corrected chi connectivity index (χ2v) is 5.80. The molecule has 5 nitrogen and oxygen atoms in total. The number of quaternary nitrogens is 1.